The summed E-state index contributed by atoms with van der Waals surface area (Å²) >= 11 is 0. The van der Waals surface area contributed by atoms with Crippen molar-refractivity contribution in [2.45, 2.75) is 53.1 Å². The average Bonchev–Trinajstić information content (AvgIpc) is 2.80. The van der Waals surface area contributed by atoms with Crippen molar-refractivity contribution in [3.05, 3.63) is 83.4 Å². The van der Waals surface area contributed by atoms with Crippen molar-refractivity contribution in [2.75, 3.05) is 6.54 Å². The van der Waals surface area contributed by atoms with E-state index in [9.17, 15) is 9.59 Å². The summed E-state index contributed by atoms with van der Waals surface area (Å²) in [5.74, 6) is 0.247. The van der Waals surface area contributed by atoms with Crippen molar-refractivity contribution in [3.63, 3.8) is 0 Å². The van der Waals surface area contributed by atoms with Gasteiger partial charge in [0.15, 0.2) is 0 Å². The molecule has 3 rings (SSSR count). The first kappa shape index (κ1) is 23.5. The zero-order valence-electron chi connectivity index (χ0n) is 19.6. The van der Waals surface area contributed by atoms with Crippen molar-refractivity contribution < 1.29 is 9.59 Å². The van der Waals surface area contributed by atoms with E-state index in [2.05, 4.69) is 43.4 Å². The van der Waals surface area contributed by atoms with E-state index in [0.717, 1.165) is 16.7 Å². The number of hydrogen-bond acceptors (Lipinski definition) is 2. The summed E-state index contributed by atoms with van der Waals surface area (Å²) < 4.78 is 0. The van der Waals surface area contributed by atoms with Crippen LogP contribution in [0.5, 0.6) is 0 Å². The molecule has 0 fully saturated rings. The molecule has 0 radical (unpaired) electrons. The van der Waals surface area contributed by atoms with Crippen LogP contribution in [0.1, 0.15) is 43.9 Å². The number of rotatable bonds is 9. The Kier molecular flexibility index (Phi) is 8.04. The van der Waals surface area contributed by atoms with Crippen molar-refractivity contribution >= 4 is 22.6 Å². The molecule has 2 amide bonds. The van der Waals surface area contributed by atoms with Crippen molar-refractivity contribution in [1.29, 1.82) is 0 Å². The first-order chi connectivity index (χ1) is 15.4. The Bertz CT molecular complexity index is 1070. The van der Waals surface area contributed by atoms with Crippen LogP contribution in [0.25, 0.3) is 10.8 Å². The average molecular weight is 431 g/mol. The van der Waals surface area contributed by atoms with Gasteiger partial charge in [0.05, 0.1) is 0 Å². The molecule has 1 atom stereocenters. The Balaban J connectivity index is 1.78. The highest BCUT2D eigenvalue weighted by Gasteiger charge is 2.26. The molecule has 32 heavy (non-hydrogen) atoms. The topological polar surface area (TPSA) is 49.4 Å². The number of fused-ring (bicyclic) bond motifs is 1. The normalized spacial score (nSPS) is 12.0. The minimum atomic E-state index is -0.534. The molecule has 0 saturated carbocycles. The first-order valence-electron chi connectivity index (χ1n) is 11.4. The second-order valence-electron chi connectivity index (χ2n) is 8.90. The minimum absolute atomic E-state index is 0.00613. The van der Waals surface area contributed by atoms with Gasteiger partial charge < -0.3 is 10.2 Å². The molecule has 0 spiro atoms. The maximum atomic E-state index is 13.4. The third-order valence-electron chi connectivity index (χ3n) is 5.94. The van der Waals surface area contributed by atoms with Crippen LogP contribution < -0.4 is 5.32 Å². The standard InChI is InChI=1S/C28H34N2O2/c1-20(2)18-29-28(32)22(4)30(19-25-12-6-5-10-21(25)3)27(31)17-16-24-14-9-13-23-11-7-8-15-26(23)24/h5-15,20,22H,16-19H2,1-4H3,(H,29,32). The molecule has 0 aliphatic rings. The van der Waals surface area contributed by atoms with Gasteiger partial charge in [-0.3, -0.25) is 9.59 Å². The monoisotopic (exact) mass is 430 g/mol. The van der Waals surface area contributed by atoms with E-state index >= 15 is 0 Å². The van der Waals surface area contributed by atoms with E-state index in [1.54, 1.807) is 4.90 Å². The lowest BCUT2D eigenvalue weighted by molar-refractivity contribution is -0.140. The second kappa shape index (κ2) is 10.9. The van der Waals surface area contributed by atoms with Crippen molar-refractivity contribution in [3.8, 4) is 0 Å². The Morgan fingerprint density at radius 1 is 0.875 bits per heavy atom. The lowest BCUT2D eigenvalue weighted by Gasteiger charge is -2.29. The minimum Gasteiger partial charge on any atom is -0.354 e. The van der Waals surface area contributed by atoms with Crippen LogP contribution in [-0.4, -0.2) is 29.3 Å². The van der Waals surface area contributed by atoms with E-state index in [1.165, 1.54) is 10.8 Å². The third kappa shape index (κ3) is 5.97. The van der Waals surface area contributed by atoms with Gasteiger partial charge in [-0.15, -0.1) is 0 Å². The van der Waals surface area contributed by atoms with Gasteiger partial charge in [-0.05, 0) is 53.6 Å². The number of aryl methyl sites for hydroxylation is 2. The van der Waals surface area contributed by atoms with Gasteiger partial charge in [0.25, 0.3) is 0 Å². The summed E-state index contributed by atoms with van der Waals surface area (Å²) in [5, 5.41) is 5.34. The van der Waals surface area contributed by atoms with Crippen molar-refractivity contribution in [1.82, 2.24) is 10.2 Å². The molecule has 4 nitrogen and oxygen atoms in total. The van der Waals surface area contributed by atoms with Gasteiger partial charge in [-0.2, -0.15) is 0 Å². The summed E-state index contributed by atoms with van der Waals surface area (Å²) in [6.07, 6.45) is 1.01. The molecule has 0 bridgehead atoms. The Hall–Kier alpha value is -3.14. The molecule has 0 saturated heterocycles. The van der Waals surface area contributed by atoms with Crippen LogP contribution in [-0.2, 0) is 22.6 Å². The largest absolute Gasteiger partial charge is 0.354 e. The quantitative estimate of drug-likeness (QED) is 0.503. The Morgan fingerprint density at radius 3 is 2.28 bits per heavy atom. The SMILES string of the molecule is Cc1ccccc1CN(C(=O)CCc1cccc2ccccc12)C(C)C(=O)NCC(C)C. The van der Waals surface area contributed by atoms with Crippen molar-refractivity contribution in [2.24, 2.45) is 5.92 Å². The summed E-state index contributed by atoms with van der Waals surface area (Å²) in [6.45, 7) is 9.01. The number of carbonyl (C=O) groups is 2. The summed E-state index contributed by atoms with van der Waals surface area (Å²) in [4.78, 5) is 27.9. The predicted octanol–water partition coefficient (Wildman–Crippen LogP) is 5.27. The zero-order valence-corrected chi connectivity index (χ0v) is 19.6. The predicted molar refractivity (Wildman–Crippen MR) is 131 cm³/mol. The number of nitrogens with one attached hydrogen (secondary N) is 1. The molecular weight excluding hydrogens is 396 g/mol. The summed E-state index contributed by atoms with van der Waals surface area (Å²) in [6, 6.07) is 22.0. The lowest BCUT2D eigenvalue weighted by Crippen LogP contribution is -2.48. The highest BCUT2D eigenvalue weighted by atomic mass is 16.2. The Labute approximate surface area is 191 Å². The molecule has 0 heterocycles. The van der Waals surface area contributed by atoms with E-state index in [-0.39, 0.29) is 11.8 Å². The highest BCUT2D eigenvalue weighted by Crippen LogP contribution is 2.21. The summed E-state index contributed by atoms with van der Waals surface area (Å²) in [7, 11) is 0. The fraction of sp³-hybridized carbons (Fsp3) is 0.357. The fourth-order valence-corrected chi connectivity index (χ4v) is 3.90. The zero-order chi connectivity index (χ0) is 23.1. The fourth-order valence-electron chi connectivity index (χ4n) is 3.90. The highest BCUT2D eigenvalue weighted by molar-refractivity contribution is 5.89. The molecular formula is C28H34N2O2. The van der Waals surface area contributed by atoms with Gasteiger partial charge in [0.1, 0.15) is 6.04 Å². The molecule has 3 aromatic rings. The van der Waals surface area contributed by atoms with Crippen LogP contribution in [0.3, 0.4) is 0 Å². The molecule has 168 valence electrons. The van der Waals surface area contributed by atoms with Gasteiger partial charge in [0.2, 0.25) is 11.8 Å². The molecule has 0 aliphatic heterocycles. The van der Waals surface area contributed by atoms with Gasteiger partial charge in [-0.1, -0.05) is 80.6 Å². The lowest BCUT2D eigenvalue weighted by atomic mass is 10.00. The van der Waals surface area contributed by atoms with E-state index < -0.39 is 6.04 Å². The van der Waals surface area contributed by atoms with Crippen LogP contribution in [0.2, 0.25) is 0 Å². The third-order valence-corrected chi connectivity index (χ3v) is 5.94. The summed E-state index contributed by atoms with van der Waals surface area (Å²) in [5.41, 5.74) is 3.34. The van der Waals surface area contributed by atoms with Gasteiger partial charge in [-0.25, -0.2) is 0 Å². The van der Waals surface area contributed by atoms with Crippen LogP contribution in [0.15, 0.2) is 66.7 Å². The molecule has 1 N–H and O–H groups in total. The first-order valence-corrected chi connectivity index (χ1v) is 11.4. The molecule has 4 heteroatoms. The number of nitrogens with zero attached hydrogens (tertiary/aromatic N) is 1. The van der Waals surface area contributed by atoms with Crippen LogP contribution >= 0.6 is 0 Å². The van der Waals surface area contributed by atoms with E-state index in [0.29, 0.717) is 31.8 Å². The number of amides is 2. The Morgan fingerprint density at radius 2 is 1.53 bits per heavy atom. The van der Waals surface area contributed by atoms with Gasteiger partial charge in [0, 0.05) is 19.5 Å². The smallest absolute Gasteiger partial charge is 0.242 e. The maximum absolute atomic E-state index is 13.4. The molecule has 0 aromatic heterocycles. The number of hydrogen-bond donors (Lipinski definition) is 1. The van der Waals surface area contributed by atoms with Gasteiger partial charge >= 0.3 is 0 Å². The maximum Gasteiger partial charge on any atom is 0.242 e. The second-order valence-corrected chi connectivity index (χ2v) is 8.90. The van der Waals surface area contributed by atoms with E-state index in [4.69, 9.17) is 0 Å². The number of benzene rings is 3. The molecule has 3 aromatic carbocycles. The number of carbonyl (C=O) groups excluding carboxylic acids is 2. The molecule has 1 unspecified atom stereocenters. The van der Waals surface area contributed by atoms with Crippen LogP contribution in [0, 0.1) is 12.8 Å². The van der Waals surface area contributed by atoms with Crippen LogP contribution in [0.4, 0.5) is 0 Å². The molecule has 0 aliphatic carbocycles. The van der Waals surface area contributed by atoms with E-state index in [1.807, 2.05) is 56.3 Å².